The first-order valence-corrected chi connectivity index (χ1v) is 6.95. The fraction of sp³-hybridized carbons (Fsp3) is 0.308. The lowest BCUT2D eigenvalue weighted by atomic mass is 10.3. The lowest BCUT2D eigenvalue weighted by molar-refractivity contribution is -0.141. The summed E-state index contributed by atoms with van der Waals surface area (Å²) in [5, 5.41) is 0. The Kier molecular flexibility index (Phi) is 3.38. The zero-order chi connectivity index (χ0) is 15.0. The summed E-state index contributed by atoms with van der Waals surface area (Å²) in [6.45, 7) is 1.51. The Labute approximate surface area is 123 Å². The summed E-state index contributed by atoms with van der Waals surface area (Å²) in [7, 11) is 1.31. The summed E-state index contributed by atoms with van der Waals surface area (Å²) in [6.07, 6.45) is 0. The summed E-state index contributed by atoms with van der Waals surface area (Å²) < 4.78 is 17.8. The second-order valence-electron chi connectivity index (χ2n) is 4.35. The Balaban J connectivity index is 2.23. The Morgan fingerprint density at radius 3 is 2.76 bits per heavy atom. The predicted molar refractivity (Wildman–Crippen MR) is 74.2 cm³/mol. The van der Waals surface area contributed by atoms with Crippen LogP contribution in [0.2, 0.25) is 0 Å². The van der Waals surface area contributed by atoms with Crippen LogP contribution in [0, 0.1) is 0 Å². The quantitative estimate of drug-likeness (QED) is 0.775. The zero-order valence-electron chi connectivity index (χ0n) is 11.4. The number of thiazole rings is 1. The van der Waals surface area contributed by atoms with Crippen LogP contribution in [0.1, 0.15) is 6.92 Å². The van der Waals surface area contributed by atoms with Crippen LogP contribution < -0.4 is 14.3 Å². The summed E-state index contributed by atoms with van der Waals surface area (Å²) >= 11 is 1.30. The van der Waals surface area contributed by atoms with E-state index in [1.54, 1.807) is 10.6 Å². The van der Waals surface area contributed by atoms with Crippen LogP contribution in [0.25, 0.3) is 10.2 Å². The van der Waals surface area contributed by atoms with Gasteiger partial charge in [-0.1, -0.05) is 11.3 Å². The molecule has 0 fully saturated rings. The molecule has 3 rings (SSSR count). The summed E-state index contributed by atoms with van der Waals surface area (Å²) in [4.78, 5) is 27.2. The minimum Gasteiger partial charge on any atom is -0.468 e. The van der Waals surface area contributed by atoms with Gasteiger partial charge >= 0.3 is 5.97 Å². The highest BCUT2D eigenvalue weighted by Gasteiger charge is 2.18. The van der Waals surface area contributed by atoms with Gasteiger partial charge in [-0.05, 0) is 0 Å². The van der Waals surface area contributed by atoms with Crippen LogP contribution >= 0.6 is 11.3 Å². The molecule has 0 radical (unpaired) electrons. The molecule has 1 aromatic heterocycles. The van der Waals surface area contributed by atoms with Gasteiger partial charge in [-0.15, -0.1) is 0 Å². The van der Waals surface area contributed by atoms with Gasteiger partial charge in [0.05, 0.1) is 17.3 Å². The maximum atomic E-state index is 11.6. The molecule has 0 aliphatic carbocycles. The third-order valence-electron chi connectivity index (χ3n) is 2.95. The van der Waals surface area contributed by atoms with E-state index >= 15 is 0 Å². The van der Waals surface area contributed by atoms with Gasteiger partial charge in [-0.2, -0.15) is 4.99 Å². The van der Waals surface area contributed by atoms with E-state index in [1.165, 1.54) is 25.4 Å². The van der Waals surface area contributed by atoms with Crippen LogP contribution in [-0.4, -0.2) is 30.3 Å². The molecule has 0 saturated carbocycles. The summed E-state index contributed by atoms with van der Waals surface area (Å²) in [6, 6.07) is 3.59. The molecular weight excluding hydrogens is 296 g/mol. The predicted octanol–water partition coefficient (Wildman–Crippen LogP) is 1.05. The second kappa shape index (κ2) is 5.21. The molecule has 0 bridgehead atoms. The molecule has 0 unspecified atom stereocenters. The van der Waals surface area contributed by atoms with Crippen molar-refractivity contribution in [1.29, 1.82) is 0 Å². The number of amides is 1. The number of aromatic nitrogens is 1. The van der Waals surface area contributed by atoms with Gasteiger partial charge in [-0.25, -0.2) is 0 Å². The van der Waals surface area contributed by atoms with Gasteiger partial charge in [0.1, 0.15) is 6.54 Å². The number of benzene rings is 1. The molecule has 110 valence electrons. The summed E-state index contributed by atoms with van der Waals surface area (Å²) in [5.41, 5.74) is 0.745. The standard InChI is InChI=1S/C13H12N2O5S/c1-7(16)14-13-15(5-12(17)18-2)8-3-9-10(20-6-19-9)4-11(8)21-13/h3-4H,5-6H2,1-2H3. The van der Waals surface area contributed by atoms with Gasteiger partial charge in [-0.3, -0.25) is 9.59 Å². The van der Waals surface area contributed by atoms with E-state index in [0.717, 1.165) is 10.2 Å². The van der Waals surface area contributed by atoms with Gasteiger partial charge < -0.3 is 18.8 Å². The van der Waals surface area contributed by atoms with Crippen molar-refractivity contribution in [2.75, 3.05) is 13.9 Å². The molecule has 21 heavy (non-hydrogen) atoms. The fourth-order valence-corrected chi connectivity index (χ4v) is 3.11. The molecule has 1 amide bonds. The SMILES string of the molecule is COC(=O)Cn1c(=NC(C)=O)sc2cc3c(cc21)OCO3. The molecule has 0 spiro atoms. The fourth-order valence-electron chi connectivity index (χ4n) is 2.03. The van der Waals surface area contributed by atoms with Crippen molar-refractivity contribution in [3.05, 3.63) is 16.9 Å². The number of hydrogen-bond donors (Lipinski definition) is 0. The average molecular weight is 308 g/mol. The van der Waals surface area contributed by atoms with Crippen LogP contribution in [0.5, 0.6) is 11.5 Å². The summed E-state index contributed by atoms with van der Waals surface area (Å²) in [5.74, 6) is 0.495. The number of esters is 1. The first-order valence-electron chi connectivity index (χ1n) is 6.13. The number of carbonyl (C=O) groups excluding carboxylic acids is 2. The van der Waals surface area contributed by atoms with E-state index in [9.17, 15) is 9.59 Å². The number of rotatable bonds is 2. The molecule has 0 N–H and O–H groups in total. The molecule has 1 aliphatic heterocycles. The molecule has 8 heteroatoms. The minimum absolute atomic E-state index is 0.0255. The lowest BCUT2D eigenvalue weighted by Crippen LogP contribution is -2.22. The van der Waals surface area contributed by atoms with E-state index in [-0.39, 0.29) is 19.2 Å². The van der Waals surface area contributed by atoms with Crippen LogP contribution in [-0.2, 0) is 20.9 Å². The second-order valence-corrected chi connectivity index (χ2v) is 5.36. The Morgan fingerprint density at radius 2 is 2.10 bits per heavy atom. The Morgan fingerprint density at radius 1 is 1.38 bits per heavy atom. The Hall–Kier alpha value is -2.35. The van der Waals surface area contributed by atoms with E-state index in [0.29, 0.717) is 16.3 Å². The van der Waals surface area contributed by atoms with Crippen molar-refractivity contribution < 1.29 is 23.8 Å². The average Bonchev–Trinajstić information content (AvgIpc) is 3.00. The van der Waals surface area contributed by atoms with E-state index < -0.39 is 5.97 Å². The lowest BCUT2D eigenvalue weighted by Gasteiger charge is -2.04. The van der Waals surface area contributed by atoms with Crippen LogP contribution in [0.4, 0.5) is 0 Å². The normalized spacial score (nSPS) is 13.7. The molecular formula is C13H12N2O5S. The maximum Gasteiger partial charge on any atom is 0.325 e. The first kappa shape index (κ1) is 13.6. The van der Waals surface area contributed by atoms with Gasteiger partial charge in [0.15, 0.2) is 16.3 Å². The number of carbonyl (C=O) groups is 2. The van der Waals surface area contributed by atoms with Crippen LogP contribution in [0.3, 0.4) is 0 Å². The number of nitrogens with zero attached hydrogens (tertiary/aromatic N) is 2. The van der Waals surface area contributed by atoms with Gasteiger partial charge in [0, 0.05) is 19.1 Å². The number of methoxy groups -OCH3 is 1. The van der Waals surface area contributed by atoms with Gasteiger partial charge in [0.2, 0.25) is 12.7 Å². The number of ether oxygens (including phenoxy) is 3. The number of fused-ring (bicyclic) bond motifs is 2. The van der Waals surface area contributed by atoms with Crippen molar-refractivity contribution in [3.63, 3.8) is 0 Å². The van der Waals surface area contributed by atoms with E-state index in [2.05, 4.69) is 9.73 Å². The van der Waals surface area contributed by atoms with Gasteiger partial charge in [0.25, 0.3) is 0 Å². The molecule has 0 saturated heterocycles. The topological polar surface area (TPSA) is 79.1 Å². The Bertz CT molecular complexity index is 805. The molecule has 0 atom stereocenters. The van der Waals surface area contributed by atoms with Crippen LogP contribution in [0.15, 0.2) is 17.1 Å². The highest BCUT2D eigenvalue weighted by Crippen LogP contribution is 2.36. The molecule has 1 aromatic carbocycles. The molecule has 2 aromatic rings. The zero-order valence-corrected chi connectivity index (χ0v) is 12.2. The smallest absolute Gasteiger partial charge is 0.325 e. The highest BCUT2D eigenvalue weighted by molar-refractivity contribution is 7.16. The first-order chi connectivity index (χ1) is 10.1. The third kappa shape index (κ3) is 2.49. The van der Waals surface area contributed by atoms with E-state index in [1.807, 2.05) is 6.07 Å². The van der Waals surface area contributed by atoms with Crippen molar-refractivity contribution in [2.45, 2.75) is 13.5 Å². The van der Waals surface area contributed by atoms with Crippen molar-refractivity contribution in [2.24, 2.45) is 4.99 Å². The van der Waals surface area contributed by atoms with E-state index in [4.69, 9.17) is 9.47 Å². The van der Waals surface area contributed by atoms with Crippen molar-refractivity contribution in [3.8, 4) is 11.5 Å². The molecule has 1 aliphatic rings. The minimum atomic E-state index is -0.419. The third-order valence-corrected chi connectivity index (χ3v) is 3.99. The highest BCUT2D eigenvalue weighted by atomic mass is 32.1. The number of hydrogen-bond acceptors (Lipinski definition) is 6. The maximum absolute atomic E-state index is 11.6. The van der Waals surface area contributed by atoms with Crippen molar-refractivity contribution in [1.82, 2.24) is 4.57 Å². The van der Waals surface area contributed by atoms with Crippen molar-refractivity contribution >= 4 is 33.4 Å². The largest absolute Gasteiger partial charge is 0.468 e. The molecule has 2 heterocycles. The monoisotopic (exact) mass is 308 g/mol. The molecule has 7 nitrogen and oxygen atoms in total.